The van der Waals surface area contributed by atoms with Crippen LogP contribution in [0.2, 0.25) is 0 Å². The summed E-state index contributed by atoms with van der Waals surface area (Å²) in [6, 6.07) is 12.1. The molecule has 0 saturated carbocycles. The van der Waals surface area contributed by atoms with Crippen molar-refractivity contribution in [2.75, 3.05) is 19.6 Å². The van der Waals surface area contributed by atoms with Gasteiger partial charge in [-0.25, -0.2) is 0 Å². The fourth-order valence-corrected chi connectivity index (χ4v) is 3.53. The molecule has 27 heavy (non-hydrogen) atoms. The standard InChI is InChI=1S/C22H29N3O2/c1-2-3-12-23-22(27)19-7-6-15-25(17-19)21(26)16-18-8-10-20(11-9-18)24-13-4-5-14-24/h4-5,8-11,13-14,19H,2-3,6-7,12,15-17H2,1H3,(H,23,27). The van der Waals surface area contributed by atoms with Gasteiger partial charge in [0, 0.05) is 37.7 Å². The van der Waals surface area contributed by atoms with Gasteiger partial charge in [0.05, 0.1) is 12.3 Å². The van der Waals surface area contributed by atoms with Crippen LogP contribution in [0.1, 0.15) is 38.2 Å². The summed E-state index contributed by atoms with van der Waals surface area (Å²) in [6.07, 6.45) is 8.21. The lowest BCUT2D eigenvalue weighted by atomic mass is 9.96. The Balaban J connectivity index is 1.53. The van der Waals surface area contributed by atoms with Gasteiger partial charge < -0.3 is 14.8 Å². The first-order valence-electron chi connectivity index (χ1n) is 9.95. The molecule has 1 aromatic heterocycles. The topological polar surface area (TPSA) is 54.3 Å². The highest BCUT2D eigenvalue weighted by atomic mass is 16.2. The lowest BCUT2D eigenvalue weighted by Gasteiger charge is -2.32. The van der Waals surface area contributed by atoms with Crippen molar-refractivity contribution < 1.29 is 9.59 Å². The number of piperidine rings is 1. The van der Waals surface area contributed by atoms with Gasteiger partial charge in [-0.05, 0) is 49.1 Å². The highest BCUT2D eigenvalue weighted by Gasteiger charge is 2.28. The molecule has 2 amide bonds. The fraction of sp³-hybridized carbons (Fsp3) is 0.455. The first kappa shape index (κ1) is 19.2. The number of amides is 2. The number of carbonyl (C=O) groups is 2. The number of nitrogens with one attached hydrogen (secondary N) is 1. The van der Waals surface area contributed by atoms with Crippen molar-refractivity contribution in [1.82, 2.24) is 14.8 Å². The van der Waals surface area contributed by atoms with Crippen LogP contribution in [-0.4, -0.2) is 40.9 Å². The second kappa shape index (κ2) is 9.40. The predicted octanol–water partition coefficient (Wildman–Crippen LogP) is 3.17. The third kappa shape index (κ3) is 5.22. The van der Waals surface area contributed by atoms with Crippen LogP contribution in [0.25, 0.3) is 5.69 Å². The van der Waals surface area contributed by atoms with E-state index in [9.17, 15) is 9.59 Å². The second-order valence-corrected chi connectivity index (χ2v) is 7.26. The maximum absolute atomic E-state index is 12.7. The van der Waals surface area contributed by atoms with Gasteiger partial charge in [-0.3, -0.25) is 9.59 Å². The molecule has 1 aromatic carbocycles. The number of carbonyl (C=O) groups excluding carboxylic acids is 2. The molecular formula is C22H29N3O2. The summed E-state index contributed by atoms with van der Waals surface area (Å²) in [4.78, 5) is 26.9. The molecule has 1 fully saturated rings. The molecule has 0 spiro atoms. The lowest BCUT2D eigenvalue weighted by Crippen LogP contribution is -2.46. The molecule has 1 unspecified atom stereocenters. The van der Waals surface area contributed by atoms with Crippen molar-refractivity contribution in [2.24, 2.45) is 5.92 Å². The molecule has 1 aliphatic rings. The zero-order valence-electron chi connectivity index (χ0n) is 16.1. The number of rotatable bonds is 7. The molecule has 3 rings (SSSR count). The van der Waals surface area contributed by atoms with E-state index in [0.29, 0.717) is 13.0 Å². The summed E-state index contributed by atoms with van der Waals surface area (Å²) in [5.41, 5.74) is 2.09. The minimum absolute atomic E-state index is 0.0735. The van der Waals surface area contributed by atoms with Crippen LogP contribution >= 0.6 is 0 Å². The predicted molar refractivity (Wildman–Crippen MR) is 107 cm³/mol. The Hall–Kier alpha value is -2.56. The van der Waals surface area contributed by atoms with Crippen LogP contribution in [0.15, 0.2) is 48.8 Å². The Labute approximate surface area is 161 Å². The molecule has 0 radical (unpaired) electrons. The van der Waals surface area contributed by atoms with Crippen LogP contribution < -0.4 is 5.32 Å². The number of aromatic nitrogens is 1. The Morgan fingerprint density at radius 2 is 1.89 bits per heavy atom. The number of hydrogen-bond donors (Lipinski definition) is 1. The fourth-order valence-electron chi connectivity index (χ4n) is 3.53. The van der Waals surface area contributed by atoms with E-state index < -0.39 is 0 Å². The monoisotopic (exact) mass is 367 g/mol. The minimum atomic E-state index is -0.0735. The summed E-state index contributed by atoms with van der Waals surface area (Å²) < 4.78 is 2.04. The zero-order valence-corrected chi connectivity index (χ0v) is 16.1. The minimum Gasteiger partial charge on any atom is -0.356 e. The van der Waals surface area contributed by atoms with Gasteiger partial charge in [0.1, 0.15) is 0 Å². The average molecular weight is 367 g/mol. The smallest absolute Gasteiger partial charge is 0.227 e. The highest BCUT2D eigenvalue weighted by molar-refractivity contribution is 5.82. The van der Waals surface area contributed by atoms with E-state index in [-0.39, 0.29) is 17.7 Å². The number of benzene rings is 1. The Morgan fingerprint density at radius 1 is 1.15 bits per heavy atom. The molecule has 2 aromatic rings. The number of nitrogens with zero attached hydrogens (tertiary/aromatic N) is 2. The maximum atomic E-state index is 12.7. The molecule has 2 heterocycles. The van der Waals surface area contributed by atoms with Crippen LogP contribution in [0.5, 0.6) is 0 Å². The number of unbranched alkanes of at least 4 members (excludes halogenated alkanes) is 1. The van der Waals surface area contributed by atoms with E-state index >= 15 is 0 Å². The van der Waals surface area contributed by atoms with Gasteiger partial charge in [0.25, 0.3) is 0 Å². The van der Waals surface area contributed by atoms with Gasteiger partial charge in [0.15, 0.2) is 0 Å². The molecule has 0 bridgehead atoms. The molecule has 1 N–H and O–H groups in total. The summed E-state index contributed by atoms with van der Waals surface area (Å²) in [5, 5.41) is 3.00. The van der Waals surface area contributed by atoms with E-state index in [1.165, 1.54) is 0 Å². The molecule has 5 heteroatoms. The Morgan fingerprint density at radius 3 is 2.59 bits per heavy atom. The van der Waals surface area contributed by atoms with E-state index in [1.807, 2.05) is 58.3 Å². The van der Waals surface area contributed by atoms with Crippen molar-refractivity contribution in [2.45, 2.75) is 39.0 Å². The van der Waals surface area contributed by atoms with Crippen molar-refractivity contribution >= 4 is 11.8 Å². The second-order valence-electron chi connectivity index (χ2n) is 7.26. The molecule has 1 saturated heterocycles. The van der Waals surface area contributed by atoms with Gasteiger partial charge in [-0.2, -0.15) is 0 Å². The molecule has 1 aliphatic heterocycles. The van der Waals surface area contributed by atoms with Crippen molar-refractivity contribution in [3.8, 4) is 5.69 Å². The molecular weight excluding hydrogens is 338 g/mol. The lowest BCUT2D eigenvalue weighted by molar-refractivity contribution is -0.135. The summed E-state index contributed by atoms with van der Waals surface area (Å²) in [7, 11) is 0. The zero-order chi connectivity index (χ0) is 19.1. The third-order valence-electron chi connectivity index (χ3n) is 5.17. The number of likely N-dealkylation sites (tertiary alicyclic amines) is 1. The largest absolute Gasteiger partial charge is 0.356 e. The van der Waals surface area contributed by atoms with E-state index in [1.54, 1.807) is 0 Å². The first-order valence-corrected chi connectivity index (χ1v) is 9.95. The number of hydrogen-bond acceptors (Lipinski definition) is 2. The Bertz CT molecular complexity index is 737. The van der Waals surface area contributed by atoms with E-state index in [0.717, 1.165) is 50.0 Å². The van der Waals surface area contributed by atoms with Crippen LogP contribution in [0, 0.1) is 5.92 Å². The third-order valence-corrected chi connectivity index (χ3v) is 5.17. The van der Waals surface area contributed by atoms with Crippen molar-refractivity contribution in [3.63, 3.8) is 0 Å². The average Bonchev–Trinajstić information content (AvgIpc) is 3.23. The highest BCUT2D eigenvalue weighted by Crippen LogP contribution is 2.18. The van der Waals surface area contributed by atoms with Gasteiger partial charge in [0.2, 0.25) is 11.8 Å². The maximum Gasteiger partial charge on any atom is 0.227 e. The normalized spacial score (nSPS) is 16.9. The molecule has 1 atom stereocenters. The van der Waals surface area contributed by atoms with Crippen LogP contribution in [0.3, 0.4) is 0 Å². The summed E-state index contributed by atoms with van der Waals surface area (Å²) in [5.74, 6) is 0.127. The summed E-state index contributed by atoms with van der Waals surface area (Å²) in [6.45, 7) is 4.13. The van der Waals surface area contributed by atoms with Gasteiger partial charge >= 0.3 is 0 Å². The van der Waals surface area contributed by atoms with E-state index in [4.69, 9.17) is 0 Å². The molecule has 0 aliphatic carbocycles. The van der Waals surface area contributed by atoms with Crippen molar-refractivity contribution in [1.29, 1.82) is 0 Å². The quantitative estimate of drug-likeness (QED) is 0.764. The molecule has 144 valence electrons. The molecule has 5 nitrogen and oxygen atoms in total. The first-order chi connectivity index (χ1) is 13.2. The SMILES string of the molecule is CCCCNC(=O)C1CCCN(C(=O)Cc2ccc(-n3cccc3)cc2)C1. The van der Waals surface area contributed by atoms with Crippen molar-refractivity contribution in [3.05, 3.63) is 54.4 Å². The Kier molecular flexibility index (Phi) is 6.69. The van der Waals surface area contributed by atoms with Gasteiger partial charge in [-0.15, -0.1) is 0 Å². The van der Waals surface area contributed by atoms with Crippen LogP contribution in [-0.2, 0) is 16.0 Å². The van der Waals surface area contributed by atoms with E-state index in [2.05, 4.69) is 12.2 Å². The van der Waals surface area contributed by atoms with Crippen LogP contribution in [0.4, 0.5) is 0 Å². The van der Waals surface area contributed by atoms with Gasteiger partial charge in [-0.1, -0.05) is 25.5 Å². The summed E-state index contributed by atoms with van der Waals surface area (Å²) >= 11 is 0.